The summed E-state index contributed by atoms with van der Waals surface area (Å²) in [5.41, 5.74) is 1.89. The predicted molar refractivity (Wildman–Crippen MR) is 101 cm³/mol. The highest BCUT2D eigenvalue weighted by Gasteiger charge is 2.13. The van der Waals surface area contributed by atoms with Crippen LogP contribution < -0.4 is 11.0 Å². The number of benzene rings is 1. The Hall–Kier alpha value is -4.34. The second-order valence-electron chi connectivity index (χ2n) is 6.26. The van der Waals surface area contributed by atoms with Crippen molar-refractivity contribution in [2.24, 2.45) is 0 Å². The fraction of sp³-hybridized carbons (Fsp3) is 0.0526. The topological polar surface area (TPSA) is 144 Å². The Bertz CT molecular complexity index is 1430. The summed E-state index contributed by atoms with van der Waals surface area (Å²) in [5.74, 6) is 0.887. The van der Waals surface area contributed by atoms with E-state index in [1.54, 1.807) is 18.2 Å². The van der Waals surface area contributed by atoms with Gasteiger partial charge in [0.1, 0.15) is 17.8 Å². The third-order valence-corrected chi connectivity index (χ3v) is 4.29. The van der Waals surface area contributed by atoms with Gasteiger partial charge in [-0.2, -0.15) is 4.98 Å². The molecule has 5 aromatic rings. The van der Waals surface area contributed by atoms with Gasteiger partial charge in [-0.25, -0.2) is 4.98 Å². The van der Waals surface area contributed by atoms with Crippen molar-refractivity contribution >= 4 is 10.9 Å². The summed E-state index contributed by atoms with van der Waals surface area (Å²) in [6, 6.07) is 9.74. The number of hydrogen-bond donors (Lipinski definition) is 2. The van der Waals surface area contributed by atoms with Gasteiger partial charge in [-0.15, -0.1) is 0 Å². The Morgan fingerprint density at radius 3 is 2.76 bits per heavy atom. The highest BCUT2D eigenvalue weighted by Crippen LogP contribution is 2.20. The molecule has 10 nitrogen and oxygen atoms in total. The van der Waals surface area contributed by atoms with E-state index in [1.165, 1.54) is 24.6 Å². The van der Waals surface area contributed by atoms with E-state index in [0.29, 0.717) is 28.1 Å². The smallest absolute Gasteiger partial charge is 0.258 e. The molecule has 0 fully saturated rings. The Morgan fingerprint density at radius 1 is 1.00 bits per heavy atom. The normalized spacial score (nSPS) is 11.2. The number of rotatable bonds is 4. The molecule has 142 valence electrons. The first kappa shape index (κ1) is 16.8. The lowest BCUT2D eigenvalue weighted by atomic mass is 10.1. The Balaban J connectivity index is 1.46. The maximum atomic E-state index is 12.5. The summed E-state index contributed by atoms with van der Waals surface area (Å²) >= 11 is 0. The van der Waals surface area contributed by atoms with Crippen LogP contribution in [0.4, 0.5) is 0 Å². The van der Waals surface area contributed by atoms with E-state index in [9.17, 15) is 9.59 Å². The molecule has 1 aromatic carbocycles. The van der Waals surface area contributed by atoms with Crippen molar-refractivity contribution in [2.45, 2.75) is 6.42 Å². The number of aromatic amines is 2. The Labute approximate surface area is 161 Å². The van der Waals surface area contributed by atoms with Gasteiger partial charge in [0, 0.05) is 30.0 Å². The van der Waals surface area contributed by atoms with E-state index < -0.39 is 0 Å². The standard InChI is InChI=1S/C19H12N6O4/c26-11-3-5-20-15(8-11)18-23-17(29-25-18)9-16-21-14-2-1-10(13-4-6-28-24-13)7-12(14)19(27)22-16/h1-8H,9H2,(H,20,26)(H,21,22,27). The first-order valence-electron chi connectivity index (χ1n) is 8.61. The van der Waals surface area contributed by atoms with Crippen molar-refractivity contribution in [1.82, 2.24) is 30.2 Å². The summed E-state index contributed by atoms with van der Waals surface area (Å²) in [7, 11) is 0. The molecule has 5 rings (SSSR count). The lowest BCUT2D eigenvalue weighted by molar-refractivity contribution is 0.384. The molecule has 0 aliphatic rings. The van der Waals surface area contributed by atoms with Crippen LogP contribution in [-0.4, -0.2) is 30.2 Å². The van der Waals surface area contributed by atoms with E-state index in [0.717, 1.165) is 5.56 Å². The number of nitrogens with one attached hydrogen (secondary N) is 2. The average Bonchev–Trinajstić information content (AvgIpc) is 3.40. The molecule has 0 aliphatic heterocycles. The predicted octanol–water partition coefficient (Wildman–Crippen LogP) is 1.91. The quantitative estimate of drug-likeness (QED) is 0.475. The maximum Gasteiger partial charge on any atom is 0.258 e. The van der Waals surface area contributed by atoms with Gasteiger partial charge in [0.2, 0.25) is 11.7 Å². The maximum absolute atomic E-state index is 12.5. The van der Waals surface area contributed by atoms with Gasteiger partial charge in [0.15, 0.2) is 5.43 Å². The van der Waals surface area contributed by atoms with Gasteiger partial charge >= 0.3 is 0 Å². The van der Waals surface area contributed by atoms with Crippen molar-refractivity contribution < 1.29 is 9.05 Å². The molecule has 4 aromatic heterocycles. The van der Waals surface area contributed by atoms with Gasteiger partial charge in [0.25, 0.3) is 5.56 Å². The lowest BCUT2D eigenvalue weighted by Gasteiger charge is -2.02. The van der Waals surface area contributed by atoms with Crippen molar-refractivity contribution in [3.05, 3.63) is 81.2 Å². The van der Waals surface area contributed by atoms with Gasteiger partial charge in [-0.05, 0) is 12.1 Å². The summed E-state index contributed by atoms with van der Waals surface area (Å²) in [6.07, 6.45) is 3.11. The van der Waals surface area contributed by atoms with E-state index in [4.69, 9.17) is 9.05 Å². The second-order valence-corrected chi connectivity index (χ2v) is 6.26. The summed E-state index contributed by atoms with van der Waals surface area (Å²) in [5, 5.41) is 8.16. The van der Waals surface area contributed by atoms with E-state index >= 15 is 0 Å². The molecule has 10 heteroatoms. The van der Waals surface area contributed by atoms with Gasteiger partial charge in [0.05, 0.1) is 23.0 Å². The monoisotopic (exact) mass is 388 g/mol. The fourth-order valence-electron chi connectivity index (χ4n) is 2.95. The van der Waals surface area contributed by atoms with Crippen LogP contribution >= 0.6 is 0 Å². The Morgan fingerprint density at radius 2 is 1.93 bits per heavy atom. The molecule has 2 N–H and O–H groups in total. The van der Waals surface area contributed by atoms with Crippen LogP contribution in [0.1, 0.15) is 11.7 Å². The zero-order valence-electron chi connectivity index (χ0n) is 14.7. The van der Waals surface area contributed by atoms with Crippen molar-refractivity contribution in [3.8, 4) is 22.8 Å². The van der Waals surface area contributed by atoms with Crippen LogP contribution in [0.5, 0.6) is 0 Å². The summed E-state index contributed by atoms with van der Waals surface area (Å²) in [6.45, 7) is 0. The minimum Gasteiger partial charge on any atom is -0.364 e. The van der Waals surface area contributed by atoms with Gasteiger partial charge in [-0.1, -0.05) is 16.4 Å². The molecule has 0 bridgehead atoms. The van der Waals surface area contributed by atoms with Crippen LogP contribution in [0.15, 0.2) is 67.5 Å². The van der Waals surface area contributed by atoms with Crippen LogP contribution in [0.25, 0.3) is 33.7 Å². The largest absolute Gasteiger partial charge is 0.364 e. The fourth-order valence-corrected chi connectivity index (χ4v) is 2.95. The first-order chi connectivity index (χ1) is 14.2. The third-order valence-electron chi connectivity index (χ3n) is 4.29. The van der Waals surface area contributed by atoms with Gasteiger partial charge in [-0.3, -0.25) is 9.59 Å². The molecule has 0 amide bonds. The zero-order chi connectivity index (χ0) is 19.8. The molecular formula is C19H12N6O4. The van der Waals surface area contributed by atoms with E-state index in [2.05, 4.69) is 30.2 Å². The molecule has 29 heavy (non-hydrogen) atoms. The molecule has 0 saturated heterocycles. The molecule has 0 spiro atoms. The zero-order valence-corrected chi connectivity index (χ0v) is 14.7. The molecule has 4 heterocycles. The summed E-state index contributed by atoms with van der Waals surface area (Å²) < 4.78 is 10.1. The van der Waals surface area contributed by atoms with Crippen molar-refractivity contribution in [3.63, 3.8) is 0 Å². The molecule has 0 unspecified atom stereocenters. The van der Waals surface area contributed by atoms with Crippen LogP contribution in [0, 0.1) is 0 Å². The summed E-state index contributed by atoms with van der Waals surface area (Å²) in [4.78, 5) is 38.3. The van der Waals surface area contributed by atoms with E-state index in [-0.39, 0.29) is 29.1 Å². The highest BCUT2D eigenvalue weighted by atomic mass is 16.5. The number of hydrogen-bond acceptors (Lipinski definition) is 8. The SMILES string of the molecule is O=c1cc[nH]c(-c2noc(Cc3nc4ccc(-c5ccon5)cc4c(=O)[nH]3)n2)c1. The number of aromatic nitrogens is 6. The van der Waals surface area contributed by atoms with E-state index in [1.807, 2.05) is 6.07 Å². The first-order valence-corrected chi connectivity index (χ1v) is 8.61. The van der Waals surface area contributed by atoms with Crippen LogP contribution in [0.2, 0.25) is 0 Å². The third kappa shape index (κ3) is 3.23. The molecule has 0 radical (unpaired) electrons. The molecular weight excluding hydrogens is 376 g/mol. The number of fused-ring (bicyclic) bond motifs is 1. The average molecular weight is 388 g/mol. The minimum atomic E-state index is -0.289. The number of H-pyrrole nitrogens is 2. The molecule has 0 atom stereocenters. The van der Waals surface area contributed by atoms with Crippen LogP contribution in [0.3, 0.4) is 0 Å². The Kier molecular flexibility index (Phi) is 3.87. The van der Waals surface area contributed by atoms with Crippen molar-refractivity contribution in [2.75, 3.05) is 0 Å². The number of nitrogens with zero attached hydrogens (tertiary/aromatic N) is 4. The lowest BCUT2D eigenvalue weighted by Crippen LogP contribution is -2.12. The molecule has 0 saturated carbocycles. The molecule has 0 aliphatic carbocycles. The minimum absolute atomic E-state index is 0.139. The van der Waals surface area contributed by atoms with Gasteiger partial charge < -0.3 is 19.0 Å². The van der Waals surface area contributed by atoms with Crippen molar-refractivity contribution in [1.29, 1.82) is 0 Å². The highest BCUT2D eigenvalue weighted by molar-refractivity contribution is 5.82. The number of pyridine rings is 1. The van der Waals surface area contributed by atoms with Crippen LogP contribution in [-0.2, 0) is 6.42 Å². The second kappa shape index (κ2) is 6.68.